The average molecular weight is 479 g/mol. The van der Waals surface area contributed by atoms with Gasteiger partial charge in [-0.15, -0.1) is 0 Å². The van der Waals surface area contributed by atoms with Crippen LogP contribution in [-0.2, 0) is 10.3 Å². The van der Waals surface area contributed by atoms with Gasteiger partial charge >= 0.3 is 0 Å². The predicted octanol–water partition coefficient (Wildman–Crippen LogP) is 1.76. The van der Waals surface area contributed by atoms with Crippen molar-refractivity contribution in [3.05, 3.63) is 42.5 Å². The summed E-state index contributed by atoms with van der Waals surface area (Å²) >= 11 is 0. The number of carbonyl (C=O) groups excluding carboxylic acids is 1. The molecule has 3 aromatic heterocycles. The zero-order valence-electron chi connectivity index (χ0n) is 20.9. The number of imidazole rings is 1. The molecule has 1 N–H and O–H groups in total. The summed E-state index contributed by atoms with van der Waals surface area (Å²) in [5.41, 5.74) is 1.25. The van der Waals surface area contributed by atoms with Crippen LogP contribution in [0.2, 0.25) is 0 Å². The van der Waals surface area contributed by atoms with E-state index < -0.39 is 5.54 Å². The molecule has 0 bridgehead atoms. The molecule has 186 valence electrons. The maximum Gasteiger partial charge on any atom is 0.227 e. The predicted molar refractivity (Wildman–Crippen MR) is 135 cm³/mol. The Labute approximate surface area is 205 Å². The van der Waals surface area contributed by atoms with Gasteiger partial charge in [0.05, 0.1) is 36.7 Å². The van der Waals surface area contributed by atoms with Gasteiger partial charge in [-0.25, -0.2) is 9.97 Å². The van der Waals surface area contributed by atoms with Crippen molar-refractivity contribution in [1.82, 2.24) is 29.6 Å². The number of hydrogen-bond acceptors (Lipinski definition) is 8. The van der Waals surface area contributed by atoms with Gasteiger partial charge in [-0.2, -0.15) is 4.98 Å². The van der Waals surface area contributed by atoms with Crippen molar-refractivity contribution in [2.75, 3.05) is 63.2 Å². The minimum Gasteiger partial charge on any atom is -0.491 e. The summed E-state index contributed by atoms with van der Waals surface area (Å²) in [4.78, 5) is 33.7. The number of fused-ring (bicyclic) bond motifs is 1. The number of nitrogens with zero attached hydrogens (tertiary/aromatic N) is 7. The zero-order chi connectivity index (χ0) is 24.6. The Morgan fingerprint density at radius 3 is 2.71 bits per heavy atom. The molecule has 0 radical (unpaired) electrons. The van der Waals surface area contributed by atoms with E-state index in [1.165, 1.54) is 0 Å². The van der Waals surface area contributed by atoms with E-state index in [1.807, 2.05) is 48.8 Å². The molecule has 3 aromatic rings. The van der Waals surface area contributed by atoms with E-state index in [0.29, 0.717) is 18.8 Å². The monoisotopic (exact) mass is 478 g/mol. The first kappa shape index (κ1) is 23.3. The van der Waals surface area contributed by atoms with Crippen molar-refractivity contribution in [2.24, 2.45) is 5.92 Å². The highest BCUT2D eigenvalue weighted by atomic mass is 16.5. The Balaban J connectivity index is 1.26. The molecule has 5 rings (SSSR count). The van der Waals surface area contributed by atoms with Crippen LogP contribution in [0.5, 0.6) is 5.75 Å². The quantitative estimate of drug-likeness (QED) is 0.573. The highest BCUT2D eigenvalue weighted by Crippen LogP contribution is 2.33. The lowest BCUT2D eigenvalue weighted by Crippen LogP contribution is -2.57. The number of carbonyl (C=O) groups is 1. The van der Waals surface area contributed by atoms with E-state index in [9.17, 15) is 4.79 Å². The summed E-state index contributed by atoms with van der Waals surface area (Å²) in [6, 6.07) is 5.88. The fourth-order valence-corrected chi connectivity index (χ4v) is 4.81. The fourth-order valence-electron chi connectivity index (χ4n) is 4.81. The molecule has 5 heterocycles. The number of anilines is 2. The number of likely N-dealkylation sites (N-methyl/N-ethyl adjacent to an activating group) is 1. The number of nitrogens with one attached hydrogen (secondary N) is 1. The summed E-state index contributed by atoms with van der Waals surface area (Å²) in [5.74, 6) is 2.01. The lowest BCUT2D eigenvalue weighted by molar-refractivity contribution is -0.127. The van der Waals surface area contributed by atoms with Crippen molar-refractivity contribution in [3.63, 3.8) is 0 Å². The van der Waals surface area contributed by atoms with Crippen LogP contribution in [0, 0.1) is 5.92 Å². The van der Waals surface area contributed by atoms with Gasteiger partial charge in [0.25, 0.3) is 0 Å². The number of methoxy groups -OCH3 is 1. The molecule has 2 aliphatic heterocycles. The molecule has 0 atom stereocenters. The molecule has 0 unspecified atom stereocenters. The molecule has 2 aliphatic rings. The molecule has 0 saturated carbocycles. The molecular weight excluding hydrogens is 444 g/mol. The largest absolute Gasteiger partial charge is 0.491 e. The maximum atomic E-state index is 13.1. The van der Waals surface area contributed by atoms with Crippen LogP contribution < -0.4 is 19.9 Å². The van der Waals surface area contributed by atoms with E-state index >= 15 is 0 Å². The molecule has 0 aromatic carbocycles. The van der Waals surface area contributed by atoms with E-state index in [-0.39, 0.29) is 11.8 Å². The van der Waals surface area contributed by atoms with Crippen LogP contribution in [0.3, 0.4) is 0 Å². The third-order valence-corrected chi connectivity index (χ3v) is 6.99. The fraction of sp³-hybridized carbons (Fsp3) is 0.520. The zero-order valence-corrected chi connectivity index (χ0v) is 20.9. The first-order chi connectivity index (χ1) is 16.9. The number of aromatic nitrogens is 4. The smallest absolute Gasteiger partial charge is 0.227 e. The van der Waals surface area contributed by atoms with Crippen molar-refractivity contribution >= 4 is 23.3 Å². The van der Waals surface area contributed by atoms with Crippen LogP contribution in [0.4, 0.5) is 11.8 Å². The first-order valence-corrected chi connectivity index (χ1v) is 12.2. The van der Waals surface area contributed by atoms with E-state index in [4.69, 9.17) is 9.72 Å². The average Bonchev–Trinajstić information content (AvgIpc) is 3.14. The highest BCUT2D eigenvalue weighted by molar-refractivity contribution is 5.83. The normalized spacial score (nSPS) is 17.8. The van der Waals surface area contributed by atoms with Crippen LogP contribution in [0.15, 0.2) is 36.8 Å². The summed E-state index contributed by atoms with van der Waals surface area (Å²) in [6.07, 6.45) is 6.62. The van der Waals surface area contributed by atoms with Gasteiger partial charge in [-0.3, -0.25) is 4.79 Å². The van der Waals surface area contributed by atoms with Crippen molar-refractivity contribution in [1.29, 1.82) is 0 Å². The summed E-state index contributed by atoms with van der Waals surface area (Å²) in [6.45, 7) is 9.08. The maximum absolute atomic E-state index is 13.1. The van der Waals surface area contributed by atoms with Crippen molar-refractivity contribution in [2.45, 2.75) is 25.8 Å². The van der Waals surface area contributed by atoms with Crippen LogP contribution >= 0.6 is 0 Å². The Bertz CT molecular complexity index is 1200. The molecule has 1 amide bonds. The molecule has 0 aliphatic carbocycles. The minimum absolute atomic E-state index is 0.0286. The topological polar surface area (TPSA) is 91.1 Å². The van der Waals surface area contributed by atoms with E-state index in [2.05, 4.69) is 37.0 Å². The number of rotatable bonds is 6. The van der Waals surface area contributed by atoms with Crippen molar-refractivity contribution in [3.8, 4) is 5.75 Å². The Kier molecular flexibility index (Phi) is 6.22. The van der Waals surface area contributed by atoms with Gasteiger partial charge in [-0.1, -0.05) is 6.07 Å². The van der Waals surface area contributed by atoms with Gasteiger partial charge in [0.1, 0.15) is 5.65 Å². The second kappa shape index (κ2) is 9.33. The Morgan fingerprint density at radius 1 is 1.09 bits per heavy atom. The molecule has 2 saturated heterocycles. The Hall–Kier alpha value is -3.40. The number of ether oxygens (including phenoxy) is 1. The lowest BCUT2D eigenvalue weighted by atomic mass is 9.95. The van der Waals surface area contributed by atoms with Crippen molar-refractivity contribution < 1.29 is 9.53 Å². The summed E-state index contributed by atoms with van der Waals surface area (Å²) in [7, 11) is 3.77. The van der Waals surface area contributed by atoms with E-state index in [0.717, 1.165) is 55.7 Å². The number of pyridine rings is 1. The summed E-state index contributed by atoms with van der Waals surface area (Å²) < 4.78 is 7.56. The van der Waals surface area contributed by atoms with E-state index in [1.54, 1.807) is 13.3 Å². The SMILES string of the molecule is COc1cnc(N2CCCN(C)CC2)nc1N1CC(C(=O)NC(C)(C)c2cnc3ccccn23)C1. The molecule has 35 heavy (non-hydrogen) atoms. The second-order valence-electron chi connectivity index (χ2n) is 9.99. The highest BCUT2D eigenvalue weighted by Gasteiger charge is 2.38. The van der Waals surface area contributed by atoms with Crippen LogP contribution in [0.25, 0.3) is 5.65 Å². The molecule has 0 spiro atoms. The number of hydrogen-bond donors (Lipinski definition) is 1. The summed E-state index contributed by atoms with van der Waals surface area (Å²) in [5, 5.41) is 3.22. The number of amides is 1. The van der Waals surface area contributed by atoms with Gasteiger partial charge < -0.3 is 29.2 Å². The van der Waals surface area contributed by atoms with Gasteiger partial charge in [0, 0.05) is 38.9 Å². The third kappa shape index (κ3) is 4.62. The van der Waals surface area contributed by atoms with Gasteiger partial charge in [0.2, 0.25) is 11.9 Å². The van der Waals surface area contributed by atoms with Crippen LogP contribution in [-0.4, -0.2) is 83.6 Å². The first-order valence-electron chi connectivity index (χ1n) is 12.2. The molecule has 10 heteroatoms. The minimum atomic E-state index is -0.558. The van der Waals surface area contributed by atoms with Crippen LogP contribution in [0.1, 0.15) is 26.0 Å². The molecular formula is C25H34N8O2. The standard InChI is InChI=1S/C25H34N8O2/c1-25(2,20-15-26-21-8-5-6-11-33(20)21)29-23(34)18-16-32(17-18)22-19(35-4)14-27-24(28-22)31-10-7-9-30(3)12-13-31/h5-6,8,11,14-15,18H,7,9-10,12-13,16-17H2,1-4H3,(H,29,34). The lowest BCUT2D eigenvalue weighted by Gasteiger charge is -2.41. The van der Waals surface area contributed by atoms with Gasteiger partial charge in [0.15, 0.2) is 11.6 Å². The third-order valence-electron chi connectivity index (χ3n) is 6.99. The molecule has 10 nitrogen and oxygen atoms in total. The Morgan fingerprint density at radius 2 is 1.91 bits per heavy atom. The van der Waals surface area contributed by atoms with Gasteiger partial charge in [-0.05, 0) is 46.0 Å². The molecule has 2 fully saturated rings. The second-order valence-corrected chi connectivity index (χ2v) is 9.99.